The number of benzene rings is 3. The minimum absolute atomic E-state index is 0.155. The number of halogens is 3. The molecule has 9 nitrogen and oxygen atoms in total. The lowest BCUT2D eigenvalue weighted by atomic mass is 9.89. The average molecular weight is 680 g/mol. The lowest BCUT2D eigenvalue weighted by molar-refractivity contribution is -0.141. The van der Waals surface area contributed by atoms with Crippen LogP contribution in [-0.4, -0.2) is 63.5 Å². The summed E-state index contributed by atoms with van der Waals surface area (Å²) in [5, 5.41) is 3.31. The molecule has 6 rings (SSSR count). The van der Waals surface area contributed by atoms with E-state index in [0.717, 1.165) is 49.4 Å². The number of piperidine rings is 1. The first-order valence-corrected chi connectivity index (χ1v) is 17.4. The van der Waals surface area contributed by atoms with E-state index in [4.69, 9.17) is 4.74 Å². The second-order valence-electron chi connectivity index (χ2n) is 11.9. The molecule has 0 aliphatic carbocycles. The molecule has 2 aliphatic rings. The molecule has 13 heteroatoms. The van der Waals surface area contributed by atoms with Crippen LogP contribution in [0.25, 0.3) is 0 Å². The van der Waals surface area contributed by atoms with Crippen molar-refractivity contribution in [2.24, 2.45) is 0 Å². The van der Waals surface area contributed by atoms with Gasteiger partial charge in [0, 0.05) is 44.8 Å². The fraction of sp³-hybridized carbons (Fsp3) is 0.314. The number of aromatic nitrogens is 1. The normalized spacial score (nSPS) is 16.1. The third kappa shape index (κ3) is 8.26. The van der Waals surface area contributed by atoms with Crippen LogP contribution in [0.2, 0.25) is 0 Å². The fourth-order valence-corrected chi connectivity index (χ4v) is 7.28. The first kappa shape index (κ1) is 33.3. The number of nitrogens with zero attached hydrogens (tertiary/aromatic N) is 3. The van der Waals surface area contributed by atoms with E-state index >= 15 is 0 Å². The summed E-state index contributed by atoms with van der Waals surface area (Å²) in [4.78, 5) is 21.0. The van der Waals surface area contributed by atoms with Gasteiger partial charge in [-0.05, 0) is 72.4 Å². The molecule has 2 fully saturated rings. The molecule has 0 unspecified atom stereocenters. The van der Waals surface area contributed by atoms with Crippen LogP contribution in [0, 0.1) is 0 Å². The molecule has 0 bridgehead atoms. The molecular weight excluding hydrogens is 643 g/mol. The maximum atomic E-state index is 13.7. The summed E-state index contributed by atoms with van der Waals surface area (Å²) in [6.07, 6.45) is -1.98. The lowest BCUT2D eigenvalue weighted by Gasteiger charge is -2.33. The summed E-state index contributed by atoms with van der Waals surface area (Å²) in [6, 6.07) is 23.7. The van der Waals surface area contributed by atoms with Gasteiger partial charge in [0.1, 0.15) is 17.2 Å². The van der Waals surface area contributed by atoms with E-state index in [9.17, 15) is 26.4 Å². The third-order valence-electron chi connectivity index (χ3n) is 8.56. The van der Waals surface area contributed by atoms with Crippen molar-refractivity contribution in [1.82, 2.24) is 15.2 Å². The summed E-state index contributed by atoms with van der Waals surface area (Å²) in [7, 11) is -3.75. The molecular formula is C35H36F3N5O4S. The second-order valence-corrected chi connectivity index (χ2v) is 13.7. The largest absolute Gasteiger partial charge is 0.456 e. The van der Waals surface area contributed by atoms with Crippen LogP contribution >= 0.6 is 0 Å². The maximum Gasteiger partial charge on any atom is 0.433 e. The van der Waals surface area contributed by atoms with Crippen molar-refractivity contribution in [3.8, 4) is 11.5 Å². The number of hydrogen-bond donors (Lipinski definition) is 2. The van der Waals surface area contributed by atoms with Gasteiger partial charge in [-0.1, -0.05) is 42.5 Å². The standard InChI is InChI=1S/C35H36F3N5O4S/c36-35(37,38)33-13-11-30(23-40-33)47-29-9-6-26(7-10-29)27-14-18-43(19-15-27)34(44)28-8-12-32(42-20-16-39-17-21-42)31(22-28)41-48(45,46)24-25-4-2-1-3-5-25/h1-13,22-23,27,39,41H,14-21,24H2. The number of alkyl halides is 3. The molecule has 2 saturated heterocycles. The Kier molecular flexibility index (Phi) is 9.88. The number of carbonyl (C=O) groups is 1. The zero-order chi connectivity index (χ0) is 33.7. The number of nitrogens with one attached hydrogen (secondary N) is 2. The summed E-state index contributed by atoms with van der Waals surface area (Å²) < 4.78 is 73.2. The van der Waals surface area contributed by atoms with Crippen LogP contribution in [0.1, 0.15) is 45.9 Å². The topological polar surface area (TPSA) is 104 Å². The average Bonchev–Trinajstić information content (AvgIpc) is 3.09. The number of pyridine rings is 1. The minimum atomic E-state index is -4.51. The Bertz CT molecular complexity index is 1810. The molecule has 0 saturated carbocycles. The first-order valence-electron chi connectivity index (χ1n) is 15.8. The molecule has 3 heterocycles. The van der Waals surface area contributed by atoms with Gasteiger partial charge in [0.05, 0.1) is 23.3 Å². The molecule has 1 amide bonds. The van der Waals surface area contributed by atoms with E-state index < -0.39 is 21.9 Å². The number of hydrogen-bond acceptors (Lipinski definition) is 7. The summed E-state index contributed by atoms with van der Waals surface area (Å²) >= 11 is 0. The van der Waals surface area contributed by atoms with Gasteiger partial charge in [-0.3, -0.25) is 9.52 Å². The van der Waals surface area contributed by atoms with Crippen LogP contribution in [-0.2, 0) is 22.0 Å². The van der Waals surface area contributed by atoms with Crippen molar-refractivity contribution in [1.29, 1.82) is 0 Å². The predicted molar refractivity (Wildman–Crippen MR) is 178 cm³/mol. The molecule has 2 N–H and O–H groups in total. The van der Waals surface area contributed by atoms with Gasteiger partial charge in [0.2, 0.25) is 10.0 Å². The van der Waals surface area contributed by atoms with Crippen LogP contribution in [0.15, 0.2) is 91.1 Å². The number of sulfonamides is 1. The zero-order valence-corrected chi connectivity index (χ0v) is 26.9. The number of carbonyl (C=O) groups excluding carboxylic acids is 1. The Hall–Kier alpha value is -4.62. The van der Waals surface area contributed by atoms with E-state index in [1.54, 1.807) is 53.4 Å². The van der Waals surface area contributed by atoms with Crippen molar-refractivity contribution in [2.75, 3.05) is 48.9 Å². The Morgan fingerprint density at radius 2 is 1.58 bits per heavy atom. The van der Waals surface area contributed by atoms with Crippen LogP contribution in [0.3, 0.4) is 0 Å². The molecule has 3 aromatic carbocycles. The van der Waals surface area contributed by atoms with E-state index in [1.165, 1.54) is 6.07 Å². The van der Waals surface area contributed by atoms with Crippen molar-refractivity contribution in [3.63, 3.8) is 0 Å². The Labute approximate surface area is 277 Å². The van der Waals surface area contributed by atoms with E-state index in [2.05, 4.69) is 19.9 Å². The Balaban J connectivity index is 1.10. The predicted octanol–water partition coefficient (Wildman–Crippen LogP) is 6.26. The summed E-state index contributed by atoms with van der Waals surface area (Å²) in [5.74, 6) is 0.562. The van der Waals surface area contributed by atoms with Crippen molar-refractivity contribution in [3.05, 3.63) is 114 Å². The van der Waals surface area contributed by atoms with Gasteiger partial charge < -0.3 is 19.9 Å². The molecule has 1 aromatic heterocycles. The molecule has 252 valence electrons. The molecule has 48 heavy (non-hydrogen) atoms. The Morgan fingerprint density at radius 1 is 0.896 bits per heavy atom. The fourth-order valence-electron chi connectivity index (χ4n) is 6.08. The van der Waals surface area contributed by atoms with Crippen molar-refractivity contribution in [2.45, 2.75) is 30.7 Å². The smallest absolute Gasteiger partial charge is 0.433 e. The molecule has 4 aromatic rings. The van der Waals surface area contributed by atoms with Crippen LogP contribution in [0.4, 0.5) is 24.5 Å². The highest BCUT2D eigenvalue weighted by atomic mass is 32.2. The van der Waals surface area contributed by atoms with E-state index in [1.807, 2.05) is 24.3 Å². The highest BCUT2D eigenvalue weighted by Crippen LogP contribution is 2.34. The molecule has 0 atom stereocenters. The van der Waals surface area contributed by atoms with E-state index in [0.29, 0.717) is 48.7 Å². The molecule has 0 radical (unpaired) electrons. The quantitative estimate of drug-likeness (QED) is 0.215. The highest BCUT2D eigenvalue weighted by molar-refractivity contribution is 7.91. The van der Waals surface area contributed by atoms with Gasteiger partial charge >= 0.3 is 6.18 Å². The van der Waals surface area contributed by atoms with Gasteiger partial charge in [-0.25, -0.2) is 13.4 Å². The SMILES string of the molecule is O=C(c1ccc(N2CCNCC2)c(NS(=O)(=O)Cc2ccccc2)c1)N1CCC(c2ccc(Oc3ccc(C(F)(F)F)nc3)cc2)CC1. The van der Waals surface area contributed by atoms with Gasteiger partial charge in [-0.2, -0.15) is 13.2 Å². The zero-order valence-electron chi connectivity index (χ0n) is 26.1. The minimum Gasteiger partial charge on any atom is -0.456 e. The highest BCUT2D eigenvalue weighted by Gasteiger charge is 2.32. The van der Waals surface area contributed by atoms with Crippen molar-refractivity contribution >= 4 is 27.3 Å². The van der Waals surface area contributed by atoms with Gasteiger partial charge in [0.25, 0.3) is 5.91 Å². The van der Waals surface area contributed by atoms with Crippen molar-refractivity contribution < 1.29 is 31.1 Å². The molecule has 0 spiro atoms. The Morgan fingerprint density at radius 3 is 2.23 bits per heavy atom. The number of piperazine rings is 1. The number of anilines is 2. The number of ether oxygens (including phenoxy) is 1. The number of amides is 1. The summed E-state index contributed by atoms with van der Waals surface area (Å²) in [6.45, 7) is 4.05. The lowest BCUT2D eigenvalue weighted by Crippen LogP contribution is -2.44. The van der Waals surface area contributed by atoms with Gasteiger partial charge in [0.15, 0.2) is 0 Å². The number of likely N-dealkylation sites (tertiary alicyclic amines) is 1. The second kappa shape index (κ2) is 14.2. The van der Waals surface area contributed by atoms with Crippen LogP contribution in [0.5, 0.6) is 11.5 Å². The third-order valence-corrected chi connectivity index (χ3v) is 9.81. The molecule has 2 aliphatic heterocycles. The monoisotopic (exact) mass is 679 g/mol. The number of rotatable bonds is 9. The maximum absolute atomic E-state index is 13.7. The van der Waals surface area contributed by atoms with Gasteiger partial charge in [-0.15, -0.1) is 0 Å². The van der Waals surface area contributed by atoms with E-state index in [-0.39, 0.29) is 23.3 Å². The summed E-state index contributed by atoms with van der Waals surface area (Å²) in [5.41, 5.74) is 2.32. The first-order chi connectivity index (χ1) is 23.0. The van der Waals surface area contributed by atoms with Crippen LogP contribution < -0.4 is 19.7 Å².